The molecule has 11 aromatic rings. The van der Waals surface area contributed by atoms with Gasteiger partial charge in [-0.15, -0.1) is 0 Å². The van der Waals surface area contributed by atoms with E-state index in [1.807, 2.05) is 0 Å². The highest BCUT2D eigenvalue weighted by Gasteiger charge is 2.50. The van der Waals surface area contributed by atoms with E-state index in [4.69, 9.17) is 6.57 Å². The zero-order valence-corrected chi connectivity index (χ0v) is 43.3. The maximum atomic E-state index is 10.0. The molecule has 0 saturated carbocycles. The number of aromatic nitrogens is 2. The minimum absolute atomic E-state index is 0.118. The zero-order chi connectivity index (χ0) is 50.0. The minimum Gasteiger partial charge on any atom is -0.337 e. The summed E-state index contributed by atoms with van der Waals surface area (Å²) in [5.41, 5.74) is 10.6. The summed E-state index contributed by atoms with van der Waals surface area (Å²) in [5.74, 6) is 0. The predicted molar refractivity (Wildman–Crippen MR) is 316 cm³/mol. The lowest BCUT2D eigenvalue weighted by molar-refractivity contribution is 0.895. The van der Waals surface area contributed by atoms with E-state index >= 15 is 0 Å². The van der Waals surface area contributed by atoms with Crippen molar-refractivity contribution in [3.05, 3.63) is 265 Å². The highest BCUT2D eigenvalue weighted by atomic mass is 28.3. The number of para-hydroxylation sites is 2. The Morgan fingerprint density at radius 3 is 1.69 bits per heavy atom. The van der Waals surface area contributed by atoms with Gasteiger partial charge in [-0.1, -0.05) is 218 Å². The molecule has 9 aromatic carbocycles. The summed E-state index contributed by atoms with van der Waals surface area (Å²) < 4.78 is 4.75. The molecule has 2 aliphatic rings. The van der Waals surface area contributed by atoms with Gasteiger partial charge in [0.2, 0.25) is 5.70 Å². The molecule has 0 spiro atoms. The first-order valence-electron chi connectivity index (χ1n) is 25.5. The third-order valence-corrected chi connectivity index (χ3v) is 25.8. The van der Waals surface area contributed by atoms with Gasteiger partial charge in [-0.25, -0.2) is 4.85 Å². The van der Waals surface area contributed by atoms with E-state index in [1.165, 1.54) is 74.5 Å². The van der Waals surface area contributed by atoms with Crippen molar-refractivity contribution in [2.24, 2.45) is 0 Å². The van der Waals surface area contributed by atoms with Crippen LogP contribution in [0, 0.1) is 17.9 Å². The van der Waals surface area contributed by atoms with Gasteiger partial charge in [0.05, 0.1) is 23.7 Å². The Morgan fingerprint density at radius 2 is 1.04 bits per heavy atom. The third kappa shape index (κ3) is 6.36. The Morgan fingerprint density at radius 1 is 0.514 bits per heavy atom. The van der Waals surface area contributed by atoms with Crippen LogP contribution in [0.5, 0.6) is 0 Å². The van der Waals surface area contributed by atoms with Gasteiger partial charge < -0.3 is 9.13 Å². The second-order valence-electron chi connectivity index (χ2n) is 19.4. The number of hydrogen-bond donors (Lipinski definition) is 0. The highest BCUT2D eigenvalue weighted by molar-refractivity contribution is 7.22. The summed E-state index contributed by atoms with van der Waals surface area (Å²) in [6, 6.07) is 81.2. The van der Waals surface area contributed by atoms with Crippen LogP contribution in [0.2, 0.25) is 0 Å². The average Bonchev–Trinajstić information content (AvgIpc) is 4.16. The molecule has 6 heteroatoms. The Kier molecular flexibility index (Phi) is 10.9. The average molecular weight is 979 g/mol. The van der Waals surface area contributed by atoms with Crippen LogP contribution in [0.25, 0.3) is 76.4 Å². The molecule has 2 aliphatic heterocycles. The Labute approximate surface area is 433 Å². The van der Waals surface area contributed by atoms with E-state index in [-0.39, 0.29) is 6.42 Å². The molecule has 0 amide bonds. The number of hydrogen-bond acceptors (Lipinski definition) is 1. The van der Waals surface area contributed by atoms with Crippen molar-refractivity contribution in [1.82, 2.24) is 9.13 Å². The first kappa shape index (κ1) is 44.9. The molecule has 4 nitrogen and oxygen atoms in total. The third-order valence-electron chi connectivity index (χ3n) is 16.0. The van der Waals surface area contributed by atoms with Crippen LogP contribution in [0.1, 0.15) is 20.3 Å². The fourth-order valence-corrected chi connectivity index (χ4v) is 23.7. The van der Waals surface area contributed by atoms with Crippen LogP contribution < -0.4 is 36.3 Å². The van der Waals surface area contributed by atoms with E-state index in [0.717, 1.165) is 38.5 Å². The second kappa shape index (κ2) is 17.9. The van der Waals surface area contributed by atoms with E-state index < -0.39 is 16.1 Å². The first-order valence-corrected chi connectivity index (χ1v) is 29.5. The van der Waals surface area contributed by atoms with Crippen molar-refractivity contribution in [2.75, 3.05) is 0 Å². The summed E-state index contributed by atoms with van der Waals surface area (Å²) in [5, 5.41) is 25.7. The number of nitrogens with zero attached hydrogens (tertiary/aromatic N) is 4. The number of rotatable bonds is 10. The molecule has 0 aliphatic carbocycles. The largest absolute Gasteiger partial charge is 0.337 e. The maximum absolute atomic E-state index is 10.0. The summed E-state index contributed by atoms with van der Waals surface area (Å²) >= 11 is 0. The van der Waals surface area contributed by atoms with Crippen molar-refractivity contribution >= 4 is 102 Å². The number of nitriles is 1. The lowest BCUT2D eigenvalue weighted by Gasteiger charge is -2.32. The molecule has 4 heterocycles. The van der Waals surface area contributed by atoms with Gasteiger partial charge in [-0.05, 0) is 102 Å². The fraction of sp³-hybridized carbons (Fsp3) is 0.0588. The SMILES string of the molecule is [C-]#[N+]C(=C/CC#N)/C(=C\Cn1c2ccccc2c2cc3c(cc21)-c1ccccc1[Si]3(C(/C=C\C)=C/C)c1ccccc1)n1c2ccccc2c2cc3c(cc21)-c1ccccc1[Si]3(c1ccccc1)c1ccccc1. The number of allylic oxidation sites excluding steroid dienone is 7. The molecule has 1 atom stereocenters. The van der Waals surface area contributed by atoms with Gasteiger partial charge in [-0.3, -0.25) is 0 Å². The smallest absolute Gasteiger partial charge is 0.207 e. The van der Waals surface area contributed by atoms with Crippen LogP contribution in [0.3, 0.4) is 0 Å². The van der Waals surface area contributed by atoms with Gasteiger partial charge in [0.1, 0.15) is 0 Å². The molecule has 0 bridgehead atoms. The number of benzene rings is 9. The molecule has 0 saturated heterocycles. The van der Waals surface area contributed by atoms with Gasteiger partial charge >= 0.3 is 0 Å². The summed E-state index contributed by atoms with van der Waals surface area (Å²) in [6.45, 7) is 13.6. The molecule has 13 rings (SSSR count). The van der Waals surface area contributed by atoms with E-state index in [9.17, 15) is 5.26 Å². The lowest BCUT2D eigenvalue weighted by Crippen LogP contribution is -2.72. The predicted octanol–water partition coefficient (Wildman–Crippen LogP) is 12.0. The molecule has 0 fully saturated rings. The van der Waals surface area contributed by atoms with Gasteiger partial charge in [0.15, 0.2) is 16.1 Å². The summed E-state index contributed by atoms with van der Waals surface area (Å²) in [4.78, 5) is 4.25. The molecule has 2 aromatic heterocycles. The monoisotopic (exact) mass is 978 g/mol. The van der Waals surface area contributed by atoms with Crippen molar-refractivity contribution in [3.63, 3.8) is 0 Å². The molecule has 0 radical (unpaired) electrons. The maximum Gasteiger partial charge on any atom is 0.207 e. The second-order valence-corrected chi connectivity index (χ2v) is 26.9. The fourth-order valence-electron chi connectivity index (χ4n) is 13.1. The van der Waals surface area contributed by atoms with Crippen molar-refractivity contribution in [3.8, 4) is 28.3 Å². The van der Waals surface area contributed by atoms with E-state index in [2.05, 4.69) is 271 Å². The standard InChI is InChI=1S/C68H50N4Si2/c1-4-24-47(5-2)73(48-25-9-6-10-26-48)65-38-21-17-33-53(65)57-43-63-55(45-67(57)73)51-31-15-19-36-60(51)71(63)42-40-62(59(70-3)35-23-41-69)72-61-37-20-16-32-52(61)56-46-68-58(44-64(56)72)54-34-18-22-39-66(54)74(68,49-27-11-7-12-28-49)50-29-13-8-14-30-50/h4-22,24-40,43-46H,23,42H2,1-2H3/b24-4-,47-5+,59-35+,62-40+. The first-order chi connectivity index (χ1) is 36.6. The molecule has 1 unspecified atom stereocenters. The Balaban J connectivity index is 1.07. The Hall–Kier alpha value is -9.05. The van der Waals surface area contributed by atoms with Crippen LogP contribution in [0.15, 0.2) is 254 Å². The van der Waals surface area contributed by atoms with Gasteiger partial charge in [0, 0.05) is 51.2 Å². The van der Waals surface area contributed by atoms with Crippen molar-refractivity contribution < 1.29 is 0 Å². The normalized spacial score (nSPS) is 15.9. The molecule has 350 valence electrons. The molecular weight excluding hydrogens is 929 g/mol. The van der Waals surface area contributed by atoms with Crippen molar-refractivity contribution in [2.45, 2.75) is 26.8 Å². The zero-order valence-electron chi connectivity index (χ0n) is 41.3. The van der Waals surface area contributed by atoms with Gasteiger partial charge in [-0.2, -0.15) is 5.26 Å². The number of fused-ring (bicyclic) bond motifs is 12. The molecule has 0 N–H and O–H groups in total. The van der Waals surface area contributed by atoms with E-state index in [0.29, 0.717) is 12.2 Å². The summed E-state index contributed by atoms with van der Waals surface area (Å²) in [6.07, 6.45) is 11.0. The molecular formula is C68H50N4Si2. The van der Waals surface area contributed by atoms with Crippen LogP contribution >= 0.6 is 0 Å². The van der Waals surface area contributed by atoms with Crippen LogP contribution in [-0.4, -0.2) is 25.3 Å². The quantitative estimate of drug-likeness (QED) is 0.0764. The van der Waals surface area contributed by atoms with Crippen LogP contribution in [-0.2, 0) is 6.54 Å². The summed E-state index contributed by atoms with van der Waals surface area (Å²) in [7, 11) is -5.54. The topological polar surface area (TPSA) is 38.0 Å². The van der Waals surface area contributed by atoms with E-state index in [1.54, 1.807) is 6.08 Å². The van der Waals surface area contributed by atoms with Gasteiger partial charge in [0.25, 0.3) is 0 Å². The molecule has 74 heavy (non-hydrogen) atoms. The minimum atomic E-state index is -2.80. The Bertz CT molecular complexity index is 4250. The van der Waals surface area contributed by atoms with Crippen molar-refractivity contribution in [1.29, 1.82) is 5.26 Å². The lowest BCUT2D eigenvalue weighted by atomic mass is 10.0. The van der Waals surface area contributed by atoms with Crippen LogP contribution in [0.4, 0.5) is 0 Å². The highest BCUT2D eigenvalue weighted by Crippen LogP contribution is 2.41.